The van der Waals surface area contributed by atoms with Crippen LogP contribution in [-0.2, 0) is 16.2 Å². The van der Waals surface area contributed by atoms with Crippen LogP contribution in [0.3, 0.4) is 0 Å². The third kappa shape index (κ3) is 4.19. The molecule has 190 valence electrons. The summed E-state index contributed by atoms with van der Waals surface area (Å²) in [5.74, 6) is 1.15. The molecule has 10 heteroatoms. The quantitative estimate of drug-likeness (QED) is 0.601. The fraction of sp³-hybridized carbons (Fsp3) is 0.720. The number of nitrogens with zero attached hydrogens (tertiary/aromatic N) is 6. The Balaban J connectivity index is 1.19. The first-order valence-electron chi connectivity index (χ1n) is 13.2. The zero-order valence-electron chi connectivity index (χ0n) is 20.6. The number of hydrogen-bond donors (Lipinski definition) is 1. The van der Waals surface area contributed by atoms with E-state index in [-0.39, 0.29) is 36.1 Å². The molecule has 1 amide bonds. The molecule has 2 N–H and O–H groups in total. The SMILES string of the molecule is CCCCN(Cc1cc2nc(N3CCC(N)C3)c(C)cn2n1)C(=O)C1C2C3CC(F)CCC3ON12. The molecule has 7 unspecified atom stereocenters. The molecule has 7 atom stereocenters. The van der Waals surface area contributed by atoms with E-state index in [9.17, 15) is 9.18 Å². The number of hydroxylamine groups is 2. The topological polar surface area (TPSA) is 92.0 Å². The molecule has 35 heavy (non-hydrogen) atoms. The highest BCUT2D eigenvalue weighted by molar-refractivity contribution is 5.85. The first kappa shape index (κ1) is 23.1. The van der Waals surface area contributed by atoms with Crippen LogP contribution in [0.15, 0.2) is 12.3 Å². The highest BCUT2D eigenvalue weighted by Gasteiger charge is 2.66. The summed E-state index contributed by atoms with van der Waals surface area (Å²) < 4.78 is 15.8. The van der Waals surface area contributed by atoms with E-state index in [1.165, 1.54) is 0 Å². The Morgan fingerprint density at radius 3 is 2.97 bits per heavy atom. The van der Waals surface area contributed by atoms with Crippen LogP contribution in [0.2, 0.25) is 0 Å². The van der Waals surface area contributed by atoms with E-state index >= 15 is 0 Å². The van der Waals surface area contributed by atoms with Gasteiger partial charge in [-0.1, -0.05) is 13.3 Å². The van der Waals surface area contributed by atoms with Gasteiger partial charge in [-0.15, -0.1) is 0 Å². The van der Waals surface area contributed by atoms with E-state index in [2.05, 4.69) is 11.8 Å². The molecule has 0 aromatic carbocycles. The number of carbonyl (C=O) groups is 1. The van der Waals surface area contributed by atoms with Gasteiger partial charge in [0, 0.05) is 49.4 Å². The molecule has 6 rings (SSSR count). The molecule has 0 radical (unpaired) electrons. The third-order valence-corrected chi connectivity index (χ3v) is 8.15. The van der Waals surface area contributed by atoms with E-state index in [1.807, 2.05) is 29.2 Å². The van der Waals surface area contributed by atoms with Crippen molar-refractivity contribution in [2.45, 2.75) is 89.3 Å². The predicted octanol–water partition coefficient (Wildman–Crippen LogP) is 2.21. The van der Waals surface area contributed by atoms with Crippen molar-refractivity contribution in [3.05, 3.63) is 23.5 Å². The average molecular weight is 486 g/mol. The summed E-state index contributed by atoms with van der Waals surface area (Å²) in [5, 5.41) is 6.57. The van der Waals surface area contributed by atoms with Crippen LogP contribution in [0.25, 0.3) is 5.65 Å². The third-order valence-electron chi connectivity index (χ3n) is 8.15. The van der Waals surface area contributed by atoms with Gasteiger partial charge in [-0.2, -0.15) is 10.2 Å². The molecule has 3 saturated heterocycles. The molecule has 4 fully saturated rings. The van der Waals surface area contributed by atoms with Gasteiger partial charge in [0.1, 0.15) is 18.0 Å². The van der Waals surface area contributed by atoms with Crippen molar-refractivity contribution < 1.29 is 14.0 Å². The number of halogens is 1. The molecule has 1 aliphatic carbocycles. The standard InChI is InChI=1S/C25H36FN7O2/c1-3-4-8-31(25(34)23-22-19-10-16(26)5-6-20(19)35-33(22)23)14-18-11-21-28-24(15(2)12-32(21)29-18)30-9-7-17(27)13-30/h11-12,16-17,19-20,22-23H,3-10,13-14,27H2,1-2H3. The molecule has 2 aromatic rings. The highest BCUT2D eigenvalue weighted by atomic mass is 19.1. The Morgan fingerprint density at radius 1 is 1.34 bits per heavy atom. The summed E-state index contributed by atoms with van der Waals surface area (Å²) in [6.45, 7) is 7.00. The molecule has 3 aliphatic heterocycles. The number of aryl methyl sites for hydroxylation is 1. The number of aromatic nitrogens is 3. The number of alkyl halides is 1. The lowest BCUT2D eigenvalue weighted by Gasteiger charge is -2.29. The van der Waals surface area contributed by atoms with E-state index in [0.29, 0.717) is 25.9 Å². The molecule has 0 spiro atoms. The van der Waals surface area contributed by atoms with Crippen molar-refractivity contribution in [2.75, 3.05) is 24.5 Å². The van der Waals surface area contributed by atoms with Gasteiger partial charge in [0.05, 0.1) is 24.4 Å². The molecule has 1 saturated carbocycles. The van der Waals surface area contributed by atoms with Crippen molar-refractivity contribution in [1.82, 2.24) is 24.6 Å². The Kier molecular flexibility index (Phi) is 5.93. The summed E-state index contributed by atoms with van der Waals surface area (Å²) in [6.07, 6.45) is 6.02. The number of unbranched alkanes of at least 4 members (excludes halogenated alkanes) is 1. The first-order valence-corrected chi connectivity index (χ1v) is 13.2. The van der Waals surface area contributed by atoms with Crippen LogP contribution in [0.4, 0.5) is 10.2 Å². The second-order valence-electron chi connectivity index (χ2n) is 10.8. The Morgan fingerprint density at radius 2 is 2.20 bits per heavy atom. The smallest absolute Gasteiger partial charge is 0.244 e. The number of hydrogen-bond acceptors (Lipinski definition) is 7. The lowest BCUT2D eigenvalue weighted by Crippen LogP contribution is -2.41. The Hall–Kier alpha value is -2.30. The van der Waals surface area contributed by atoms with Crippen LogP contribution < -0.4 is 10.6 Å². The van der Waals surface area contributed by atoms with Crippen LogP contribution in [0.5, 0.6) is 0 Å². The highest BCUT2D eigenvalue weighted by Crippen LogP contribution is 2.51. The summed E-state index contributed by atoms with van der Waals surface area (Å²) in [5.41, 5.74) is 8.76. The maximum Gasteiger partial charge on any atom is 0.244 e. The average Bonchev–Trinajstić information content (AvgIpc) is 3.11. The van der Waals surface area contributed by atoms with Crippen molar-refractivity contribution in [2.24, 2.45) is 11.7 Å². The van der Waals surface area contributed by atoms with Crippen molar-refractivity contribution >= 4 is 17.4 Å². The van der Waals surface area contributed by atoms with Crippen LogP contribution in [0, 0.1) is 12.8 Å². The molecule has 5 heterocycles. The molecule has 0 bridgehead atoms. The van der Waals surface area contributed by atoms with E-state index in [1.54, 1.807) is 4.52 Å². The van der Waals surface area contributed by atoms with Gasteiger partial charge in [0.25, 0.3) is 0 Å². The Bertz CT molecular complexity index is 1110. The Labute approximate surface area is 205 Å². The summed E-state index contributed by atoms with van der Waals surface area (Å²) in [4.78, 5) is 28.6. The summed E-state index contributed by atoms with van der Waals surface area (Å²) >= 11 is 0. The zero-order valence-corrected chi connectivity index (χ0v) is 20.6. The van der Waals surface area contributed by atoms with Crippen molar-refractivity contribution in [3.8, 4) is 0 Å². The number of nitrogens with two attached hydrogens (primary N) is 1. The molecule has 4 aliphatic rings. The van der Waals surface area contributed by atoms with Gasteiger partial charge >= 0.3 is 0 Å². The lowest BCUT2D eigenvalue weighted by molar-refractivity contribution is -0.147. The van der Waals surface area contributed by atoms with Crippen molar-refractivity contribution in [3.63, 3.8) is 0 Å². The largest absolute Gasteiger partial charge is 0.355 e. The lowest BCUT2D eigenvalue weighted by atomic mass is 9.82. The zero-order chi connectivity index (χ0) is 24.3. The minimum atomic E-state index is -0.775. The molecule has 2 aromatic heterocycles. The van der Waals surface area contributed by atoms with Crippen LogP contribution >= 0.6 is 0 Å². The van der Waals surface area contributed by atoms with E-state index < -0.39 is 6.17 Å². The number of anilines is 1. The molecule has 9 nitrogen and oxygen atoms in total. The fourth-order valence-corrected chi connectivity index (χ4v) is 6.24. The van der Waals surface area contributed by atoms with Gasteiger partial charge in [0.15, 0.2) is 5.65 Å². The van der Waals surface area contributed by atoms with E-state index in [4.69, 9.17) is 20.7 Å². The monoisotopic (exact) mass is 485 g/mol. The minimum absolute atomic E-state index is 0.0231. The van der Waals surface area contributed by atoms with Gasteiger partial charge in [0.2, 0.25) is 5.91 Å². The first-order chi connectivity index (χ1) is 16.9. The normalized spacial score (nSPS) is 33.7. The van der Waals surface area contributed by atoms with Gasteiger partial charge in [-0.3, -0.25) is 9.63 Å². The molecular formula is C25H36FN7O2. The van der Waals surface area contributed by atoms with Gasteiger partial charge in [-0.05, 0) is 39.0 Å². The maximum atomic E-state index is 14.0. The maximum absolute atomic E-state index is 14.0. The van der Waals surface area contributed by atoms with E-state index in [0.717, 1.165) is 61.5 Å². The molecular weight excluding hydrogens is 449 g/mol. The number of amides is 1. The number of rotatable bonds is 7. The fourth-order valence-electron chi connectivity index (χ4n) is 6.24. The number of carbonyl (C=O) groups excluding carboxylic acids is 1. The van der Waals surface area contributed by atoms with Crippen molar-refractivity contribution in [1.29, 1.82) is 0 Å². The second kappa shape index (κ2) is 8.97. The second-order valence-corrected chi connectivity index (χ2v) is 10.8. The van der Waals surface area contributed by atoms with Crippen LogP contribution in [-0.4, -0.2) is 80.5 Å². The summed E-state index contributed by atoms with van der Waals surface area (Å²) in [7, 11) is 0. The number of fused-ring (bicyclic) bond motifs is 4. The predicted molar refractivity (Wildman–Crippen MR) is 129 cm³/mol. The minimum Gasteiger partial charge on any atom is -0.355 e. The summed E-state index contributed by atoms with van der Waals surface area (Å²) in [6, 6.07) is 1.89. The van der Waals surface area contributed by atoms with Gasteiger partial charge < -0.3 is 15.5 Å². The van der Waals surface area contributed by atoms with Crippen LogP contribution in [0.1, 0.15) is 56.7 Å². The van der Waals surface area contributed by atoms with Gasteiger partial charge in [-0.25, -0.2) is 13.9 Å².